The molecule has 0 atom stereocenters. The average molecular weight is 315 g/mol. The van der Waals surface area contributed by atoms with Gasteiger partial charge in [-0.05, 0) is 31.0 Å². The second-order valence-electron chi connectivity index (χ2n) is 5.78. The highest BCUT2D eigenvalue weighted by Gasteiger charge is 2.17. The SMILES string of the molecule is COc1cccc(-c2nnc(CCC(=O)NC3CCCC3)o2)c1. The van der Waals surface area contributed by atoms with Crippen LogP contribution in [0.3, 0.4) is 0 Å². The Morgan fingerprint density at radius 2 is 2.17 bits per heavy atom. The van der Waals surface area contributed by atoms with Gasteiger partial charge in [-0.15, -0.1) is 10.2 Å². The molecule has 1 aliphatic rings. The maximum absolute atomic E-state index is 11.9. The van der Waals surface area contributed by atoms with E-state index >= 15 is 0 Å². The van der Waals surface area contributed by atoms with Crippen molar-refractivity contribution in [1.82, 2.24) is 15.5 Å². The number of nitrogens with zero attached hydrogens (tertiary/aromatic N) is 2. The molecule has 1 saturated carbocycles. The van der Waals surface area contributed by atoms with Crippen LogP contribution >= 0.6 is 0 Å². The zero-order valence-electron chi connectivity index (χ0n) is 13.2. The summed E-state index contributed by atoms with van der Waals surface area (Å²) in [6, 6.07) is 7.79. The van der Waals surface area contributed by atoms with E-state index in [1.165, 1.54) is 12.8 Å². The molecule has 1 heterocycles. The summed E-state index contributed by atoms with van der Waals surface area (Å²) in [4.78, 5) is 11.9. The number of methoxy groups -OCH3 is 1. The van der Waals surface area contributed by atoms with Crippen molar-refractivity contribution < 1.29 is 13.9 Å². The molecule has 122 valence electrons. The lowest BCUT2D eigenvalue weighted by molar-refractivity contribution is -0.121. The molecule has 0 bridgehead atoms. The lowest BCUT2D eigenvalue weighted by Crippen LogP contribution is -2.32. The number of rotatable bonds is 6. The van der Waals surface area contributed by atoms with E-state index < -0.39 is 0 Å². The van der Waals surface area contributed by atoms with Gasteiger partial charge in [-0.25, -0.2) is 0 Å². The van der Waals surface area contributed by atoms with Crippen LogP contribution in [0.25, 0.3) is 11.5 Å². The van der Waals surface area contributed by atoms with Crippen LogP contribution in [0.1, 0.15) is 38.0 Å². The number of nitrogens with one attached hydrogen (secondary N) is 1. The fraction of sp³-hybridized carbons (Fsp3) is 0.471. The van der Waals surface area contributed by atoms with Crippen molar-refractivity contribution >= 4 is 5.91 Å². The second-order valence-corrected chi connectivity index (χ2v) is 5.78. The zero-order chi connectivity index (χ0) is 16.1. The van der Waals surface area contributed by atoms with Gasteiger partial charge in [0.15, 0.2) is 0 Å². The van der Waals surface area contributed by atoms with Crippen molar-refractivity contribution in [3.63, 3.8) is 0 Å². The lowest BCUT2D eigenvalue weighted by atomic mass is 10.2. The molecule has 0 radical (unpaired) electrons. The van der Waals surface area contributed by atoms with Crippen LogP contribution in [-0.2, 0) is 11.2 Å². The number of ether oxygens (including phenoxy) is 1. The quantitative estimate of drug-likeness (QED) is 0.887. The molecule has 6 heteroatoms. The first-order valence-electron chi connectivity index (χ1n) is 8.01. The third-order valence-electron chi connectivity index (χ3n) is 4.07. The Labute approximate surface area is 135 Å². The van der Waals surface area contributed by atoms with Crippen LogP contribution in [0.5, 0.6) is 5.75 Å². The van der Waals surface area contributed by atoms with E-state index in [1.54, 1.807) is 7.11 Å². The van der Waals surface area contributed by atoms with Crippen LogP contribution in [0.15, 0.2) is 28.7 Å². The molecular formula is C17H21N3O3. The van der Waals surface area contributed by atoms with E-state index in [9.17, 15) is 4.79 Å². The molecule has 1 aromatic carbocycles. The van der Waals surface area contributed by atoms with Crippen molar-refractivity contribution in [3.8, 4) is 17.2 Å². The Morgan fingerprint density at radius 3 is 2.96 bits per heavy atom. The number of aryl methyl sites for hydroxylation is 1. The fourth-order valence-corrected chi connectivity index (χ4v) is 2.82. The summed E-state index contributed by atoms with van der Waals surface area (Å²) in [5.41, 5.74) is 0.804. The van der Waals surface area contributed by atoms with Gasteiger partial charge in [0.05, 0.1) is 7.11 Å². The van der Waals surface area contributed by atoms with Gasteiger partial charge in [-0.3, -0.25) is 4.79 Å². The number of hydrogen-bond acceptors (Lipinski definition) is 5. The summed E-state index contributed by atoms with van der Waals surface area (Å²) in [5.74, 6) is 1.70. The Bertz CT molecular complexity index is 663. The predicted molar refractivity (Wildman–Crippen MR) is 85.0 cm³/mol. The highest BCUT2D eigenvalue weighted by molar-refractivity contribution is 5.76. The van der Waals surface area contributed by atoms with Crippen LogP contribution in [0.2, 0.25) is 0 Å². The first-order valence-corrected chi connectivity index (χ1v) is 8.01. The molecule has 23 heavy (non-hydrogen) atoms. The summed E-state index contributed by atoms with van der Waals surface area (Å²) in [6.45, 7) is 0. The van der Waals surface area contributed by atoms with Gasteiger partial charge < -0.3 is 14.5 Å². The maximum atomic E-state index is 11.9. The number of carbonyl (C=O) groups excluding carboxylic acids is 1. The number of hydrogen-bond donors (Lipinski definition) is 1. The van der Waals surface area contributed by atoms with Crippen molar-refractivity contribution in [2.45, 2.75) is 44.6 Å². The van der Waals surface area contributed by atoms with Gasteiger partial charge in [0.25, 0.3) is 0 Å². The number of benzene rings is 1. The number of carbonyl (C=O) groups is 1. The summed E-state index contributed by atoms with van der Waals surface area (Å²) >= 11 is 0. The topological polar surface area (TPSA) is 77.2 Å². The maximum Gasteiger partial charge on any atom is 0.247 e. The Hall–Kier alpha value is -2.37. The summed E-state index contributed by atoms with van der Waals surface area (Å²) < 4.78 is 10.8. The minimum Gasteiger partial charge on any atom is -0.497 e. The van der Waals surface area contributed by atoms with E-state index in [0.717, 1.165) is 24.2 Å². The first-order chi connectivity index (χ1) is 11.2. The second kappa shape index (κ2) is 7.26. The van der Waals surface area contributed by atoms with Gasteiger partial charge in [0.1, 0.15) is 5.75 Å². The molecule has 1 aliphatic carbocycles. The Balaban J connectivity index is 1.55. The Kier molecular flexibility index (Phi) is 4.90. The van der Waals surface area contributed by atoms with E-state index in [-0.39, 0.29) is 5.91 Å². The van der Waals surface area contributed by atoms with Gasteiger partial charge in [-0.1, -0.05) is 18.9 Å². The number of amides is 1. The highest BCUT2D eigenvalue weighted by atomic mass is 16.5. The third-order valence-corrected chi connectivity index (χ3v) is 4.07. The summed E-state index contributed by atoms with van der Waals surface area (Å²) in [5, 5.41) is 11.1. The van der Waals surface area contributed by atoms with Crippen LogP contribution in [-0.4, -0.2) is 29.3 Å². The molecule has 1 fully saturated rings. The first kappa shape index (κ1) is 15.5. The van der Waals surface area contributed by atoms with Crippen LogP contribution in [0.4, 0.5) is 0 Å². The van der Waals surface area contributed by atoms with Gasteiger partial charge in [-0.2, -0.15) is 0 Å². The largest absolute Gasteiger partial charge is 0.497 e. The molecule has 1 amide bonds. The monoisotopic (exact) mass is 315 g/mol. The normalized spacial score (nSPS) is 14.8. The third kappa shape index (κ3) is 4.09. The van der Waals surface area contributed by atoms with E-state index in [4.69, 9.17) is 9.15 Å². The molecule has 0 saturated heterocycles. The molecule has 2 aromatic rings. The Morgan fingerprint density at radius 1 is 1.35 bits per heavy atom. The van der Waals surface area contributed by atoms with Crippen molar-refractivity contribution in [2.75, 3.05) is 7.11 Å². The summed E-state index contributed by atoms with van der Waals surface area (Å²) in [7, 11) is 1.61. The molecule has 1 aromatic heterocycles. The van der Waals surface area contributed by atoms with E-state index in [2.05, 4.69) is 15.5 Å². The van der Waals surface area contributed by atoms with Gasteiger partial charge in [0, 0.05) is 24.4 Å². The molecule has 0 aliphatic heterocycles. The van der Waals surface area contributed by atoms with Crippen molar-refractivity contribution in [2.24, 2.45) is 0 Å². The lowest BCUT2D eigenvalue weighted by Gasteiger charge is -2.10. The molecule has 0 spiro atoms. The average Bonchev–Trinajstić information content (AvgIpc) is 3.24. The standard InChI is InChI=1S/C17H21N3O3/c1-22-14-8-4-5-12(11-14)17-20-19-16(23-17)10-9-15(21)18-13-6-2-3-7-13/h4-5,8,11,13H,2-3,6-7,9-10H2,1H3,(H,18,21). The van der Waals surface area contributed by atoms with E-state index in [0.29, 0.717) is 30.7 Å². The van der Waals surface area contributed by atoms with Crippen molar-refractivity contribution in [3.05, 3.63) is 30.2 Å². The zero-order valence-corrected chi connectivity index (χ0v) is 13.2. The molecule has 0 unspecified atom stereocenters. The minimum atomic E-state index is 0.0537. The van der Waals surface area contributed by atoms with Crippen molar-refractivity contribution in [1.29, 1.82) is 0 Å². The number of aromatic nitrogens is 2. The fourth-order valence-electron chi connectivity index (χ4n) is 2.82. The van der Waals surface area contributed by atoms with E-state index in [1.807, 2.05) is 24.3 Å². The minimum absolute atomic E-state index is 0.0537. The molecule has 6 nitrogen and oxygen atoms in total. The predicted octanol–water partition coefficient (Wildman–Crippen LogP) is 2.74. The van der Waals surface area contributed by atoms with Crippen LogP contribution in [0, 0.1) is 0 Å². The smallest absolute Gasteiger partial charge is 0.247 e. The highest BCUT2D eigenvalue weighted by Crippen LogP contribution is 2.23. The molecule has 3 rings (SSSR count). The molecule has 1 N–H and O–H groups in total. The summed E-state index contributed by atoms with van der Waals surface area (Å²) in [6.07, 6.45) is 5.42. The van der Waals surface area contributed by atoms with Gasteiger partial charge >= 0.3 is 0 Å². The van der Waals surface area contributed by atoms with Crippen LogP contribution < -0.4 is 10.1 Å². The molecular weight excluding hydrogens is 294 g/mol. The van der Waals surface area contributed by atoms with Gasteiger partial charge in [0.2, 0.25) is 17.7 Å².